The number of ether oxygens (including phenoxy) is 1. The van der Waals surface area contributed by atoms with E-state index in [-0.39, 0.29) is 23.4 Å². The van der Waals surface area contributed by atoms with Crippen LogP contribution in [0.4, 0.5) is 10.1 Å². The van der Waals surface area contributed by atoms with Gasteiger partial charge in [0.2, 0.25) is 0 Å². The largest absolute Gasteiger partial charge is 0.372 e. The van der Waals surface area contributed by atoms with E-state index in [2.05, 4.69) is 18.7 Å². The molecule has 0 aromatic heterocycles. The molecule has 2 atom stereocenters. The number of morpholine rings is 1. The zero-order valence-corrected chi connectivity index (χ0v) is 12.5. The SMILES string of the molecule is CC1CN(c2ccc(C(C)(C)C)c(F)c2)CC(C)O1. The Morgan fingerprint density at radius 1 is 1.16 bits per heavy atom. The molecular weight excluding hydrogens is 241 g/mol. The number of hydrogen-bond donors (Lipinski definition) is 0. The smallest absolute Gasteiger partial charge is 0.128 e. The Hall–Kier alpha value is -1.09. The summed E-state index contributed by atoms with van der Waals surface area (Å²) in [6, 6.07) is 5.59. The monoisotopic (exact) mass is 265 g/mol. The van der Waals surface area contributed by atoms with E-state index in [1.165, 1.54) is 0 Å². The van der Waals surface area contributed by atoms with Crippen LogP contribution < -0.4 is 4.90 Å². The highest BCUT2D eigenvalue weighted by Gasteiger charge is 2.24. The second-order valence-corrected chi connectivity index (χ2v) is 6.58. The maximum absolute atomic E-state index is 14.2. The van der Waals surface area contributed by atoms with E-state index < -0.39 is 0 Å². The van der Waals surface area contributed by atoms with Crippen molar-refractivity contribution < 1.29 is 9.13 Å². The third-order valence-electron chi connectivity index (χ3n) is 3.55. The summed E-state index contributed by atoms with van der Waals surface area (Å²) in [4.78, 5) is 2.20. The van der Waals surface area contributed by atoms with E-state index in [1.807, 2.05) is 32.9 Å². The van der Waals surface area contributed by atoms with E-state index in [0.29, 0.717) is 0 Å². The first-order valence-electron chi connectivity index (χ1n) is 6.98. The molecule has 19 heavy (non-hydrogen) atoms. The van der Waals surface area contributed by atoms with Crippen LogP contribution >= 0.6 is 0 Å². The molecule has 1 aromatic carbocycles. The molecule has 2 rings (SSSR count). The second kappa shape index (κ2) is 5.12. The molecule has 0 saturated carbocycles. The Morgan fingerprint density at radius 2 is 1.74 bits per heavy atom. The molecule has 0 radical (unpaired) electrons. The first-order valence-corrected chi connectivity index (χ1v) is 6.98. The first kappa shape index (κ1) is 14.3. The predicted octanol–water partition coefficient (Wildman–Crippen LogP) is 3.74. The molecule has 0 N–H and O–H groups in total. The van der Waals surface area contributed by atoms with Crippen molar-refractivity contribution in [2.75, 3.05) is 18.0 Å². The van der Waals surface area contributed by atoms with Crippen molar-refractivity contribution in [1.82, 2.24) is 0 Å². The van der Waals surface area contributed by atoms with Crippen molar-refractivity contribution in [3.8, 4) is 0 Å². The van der Waals surface area contributed by atoms with Gasteiger partial charge in [-0.2, -0.15) is 0 Å². The average Bonchev–Trinajstić information content (AvgIpc) is 2.25. The Balaban J connectivity index is 2.25. The molecular formula is C16H24FNO. The highest BCUT2D eigenvalue weighted by atomic mass is 19.1. The van der Waals surface area contributed by atoms with E-state index in [4.69, 9.17) is 4.74 Å². The van der Waals surface area contributed by atoms with Crippen LogP contribution in [0.15, 0.2) is 18.2 Å². The van der Waals surface area contributed by atoms with Gasteiger partial charge in [0.1, 0.15) is 5.82 Å². The summed E-state index contributed by atoms with van der Waals surface area (Å²) in [7, 11) is 0. The van der Waals surface area contributed by atoms with Gasteiger partial charge in [-0.05, 0) is 37.0 Å². The number of nitrogens with zero attached hydrogens (tertiary/aromatic N) is 1. The Morgan fingerprint density at radius 3 is 2.21 bits per heavy atom. The van der Waals surface area contributed by atoms with Crippen LogP contribution in [0.25, 0.3) is 0 Å². The lowest BCUT2D eigenvalue weighted by Gasteiger charge is -2.37. The number of anilines is 1. The zero-order valence-electron chi connectivity index (χ0n) is 12.5. The van der Waals surface area contributed by atoms with Crippen molar-refractivity contribution >= 4 is 5.69 Å². The molecule has 1 fully saturated rings. The second-order valence-electron chi connectivity index (χ2n) is 6.58. The van der Waals surface area contributed by atoms with E-state index in [9.17, 15) is 4.39 Å². The average molecular weight is 265 g/mol. The number of hydrogen-bond acceptors (Lipinski definition) is 2. The van der Waals surface area contributed by atoms with Crippen molar-refractivity contribution in [3.05, 3.63) is 29.6 Å². The summed E-state index contributed by atoms with van der Waals surface area (Å²) in [6.45, 7) is 11.8. The summed E-state index contributed by atoms with van der Waals surface area (Å²) in [5.41, 5.74) is 1.56. The summed E-state index contributed by atoms with van der Waals surface area (Å²) >= 11 is 0. The number of benzene rings is 1. The maximum Gasteiger partial charge on any atom is 0.128 e. The molecule has 3 heteroatoms. The van der Waals surface area contributed by atoms with Crippen molar-refractivity contribution in [3.63, 3.8) is 0 Å². The van der Waals surface area contributed by atoms with Gasteiger partial charge in [0, 0.05) is 18.8 Å². The van der Waals surface area contributed by atoms with Gasteiger partial charge in [0.05, 0.1) is 12.2 Å². The van der Waals surface area contributed by atoms with Crippen LogP contribution in [0.3, 0.4) is 0 Å². The van der Waals surface area contributed by atoms with Crippen molar-refractivity contribution in [2.45, 2.75) is 52.2 Å². The fourth-order valence-corrected chi connectivity index (χ4v) is 2.70. The van der Waals surface area contributed by atoms with Crippen LogP contribution in [-0.2, 0) is 10.2 Å². The quantitative estimate of drug-likeness (QED) is 0.767. The molecule has 0 bridgehead atoms. The third kappa shape index (κ3) is 3.27. The van der Waals surface area contributed by atoms with Crippen LogP contribution in [0, 0.1) is 5.82 Å². The minimum Gasteiger partial charge on any atom is -0.372 e. The normalized spacial score (nSPS) is 24.6. The highest BCUT2D eigenvalue weighted by Crippen LogP contribution is 2.29. The lowest BCUT2D eigenvalue weighted by molar-refractivity contribution is -0.00523. The first-order chi connectivity index (χ1) is 8.77. The van der Waals surface area contributed by atoms with Crippen molar-refractivity contribution in [1.29, 1.82) is 0 Å². The van der Waals surface area contributed by atoms with Crippen LogP contribution in [0.1, 0.15) is 40.2 Å². The molecule has 0 spiro atoms. The molecule has 1 aliphatic heterocycles. The molecule has 2 nitrogen and oxygen atoms in total. The standard InChI is InChI=1S/C16H24FNO/c1-11-9-18(10-12(2)19-11)13-6-7-14(15(17)8-13)16(3,4)5/h6-8,11-12H,9-10H2,1-5H3. The Kier molecular flexibility index (Phi) is 3.86. The highest BCUT2D eigenvalue weighted by molar-refractivity contribution is 5.50. The van der Waals surface area contributed by atoms with Crippen LogP contribution in [0.2, 0.25) is 0 Å². The van der Waals surface area contributed by atoms with E-state index in [1.54, 1.807) is 6.07 Å². The summed E-state index contributed by atoms with van der Waals surface area (Å²) in [5.74, 6) is -0.114. The topological polar surface area (TPSA) is 12.5 Å². The molecule has 1 saturated heterocycles. The lowest BCUT2D eigenvalue weighted by Crippen LogP contribution is -2.45. The minimum atomic E-state index is -0.159. The Labute approximate surface area is 115 Å². The van der Waals surface area contributed by atoms with Crippen molar-refractivity contribution in [2.24, 2.45) is 0 Å². The van der Waals surface area contributed by atoms with Crippen LogP contribution in [0.5, 0.6) is 0 Å². The van der Waals surface area contributed by atoms with Crippen LogP contribution in [-0.4, -0.2) is 25.3 Å². The number of halogens is 1. The van der Waals surface area contributed by atoms with E-state index in [0.717, 1.165) is 24.3 Å². The summed E-state index contributed by atoms with van der Waals surface area (Å²) < 4.78 is 19.9. The Bertz CT molecular complexity index is 443. The van der Waals surface area contributed by atoms with Gasteiger partial charge in [-0.25, -0.2) is 4.39 Å². The molecule has 106 valence electrons. The number of rotatable bonds is 1. The molecule has 1 aromatic rings. The summed E-state index contributed by atoms with van der Waals surface area (Å²) in [6.07, 6.45) is 0.378. The van der Waals surface area contributed by atoms with Gasteiger partial charge in [-0.3, -0.25) is 0 Å². The molecule has 0 aliphatic carbocycles. The van der Waals surface area contributed by atoms with Gasteiger partial charge in [0.25, 0.3) is 0 Å². The minimum absolute atomic E-state index is 0.114. The van der Waals surface area contributed by atoms with E-state index >= 15 is 0 Å². The zero-order chi connectivity index (χ0) is 14.2. The van der Waals surface area contributed by atoms with Gasteiger partial charge in [0.15, 0.2) is 0 Å². The molecule has 1 heterocycles. The predicted molar refractivity (Wildman–Crippen MR) is 77.3 cm³/mol. The third-order valence-corrected chi connectivity index (χ3v) is 3.55. The molecule has 1 aliphatic rings. The fraction of sp³-hybridized carbons (Fsp3) is 0.625. The van der Waals surface area contributed by atoms with Gasteiger partial charge >= 0.3 is 0 Å². The fourth-order valence-electron chi connectivity index (χ4n) is 2.70. The maximum atomic E-state index is 14.2. The van der Waals surface area contributed by atoms with Gasteiger partial charge in [-0.1, -0.05) is 26.8 Å². The van der Waals surface area contributed by atoms with Gasteiger partial charge < -0.3 is 9.64 Å². The molecule has 0 amide bonds. The lowest BCUT2D eigenvalue weighted by atomic mass is 9.86. The molecule has 2 unspecified atom stereocenters. The summed E-state index contributed by atoms with van der Waals surface area (Å²) in [5, 5.41) is 0. The van der Waals surface area contributed by atoms with Gasteiger partial charge in [-0.15, -0.1) is 0 Å².